The summed E-state index contributed by atoms with van der Waals surface area (Å²) in [6.07, 6.45) is 0. The SMILES string of the molecule is CN1CCN(C(C(=O)O)c2ccc(C(C)(C)C)s2)CC1. The molecule has 112 valence electrons. The maximum atomic E-state index is 11.7. The number of nitrogens with zero attached hydrogens (tertiary/aromatic N) is 2. The fraction of sp³-hybridized carbons (Fsp3) is 0.667. The van der Waals surface area contributed by atoms with Crippen molar-refractivity contribution in [1.29, 1.82) is 0 Å². The van der Waals surface area contributed by atoms with Gasteiger partial charge in [0, 0.05) is 35.9 Å². The van der Waals surface area contributed by atoms with Gasteiger partial charge in [-0.05, 0) is 24.6 Å². The summed E-state index contributed by atoms with van der Waals surface area (Å²) < 4.78 is 0. The monoisotopic (exact) mass is 296 g/mol. The van der Waals surface area contributed by atoms with E-state index in [4.69, 9.17) is 0 Å². The third kappa shape index (κ3) is 3.40. The Morgan fingerprint density at radius 1 is 1.25 bits per heavy atom. The van der Waals surface area contributed by atoms with Gasteiger partial charge in [0.25, 0.3) is 0 Å². The zero-order valence-electron chi connectivity index (χ0n) is 12.7. The van der Waals surface area contributed by atoms with E-state index in [1.165, 1.54) is 4.88 Å². The molecular weight excluding hydrogens is 272 g/mol. The molecule has 1 aromatic rings. The van der Waals surface area contributed by atoms with E-state index in [1.54, 1.807) is 11.3 Å². The van der Waals surface area contributed by atoms with Gasteiger partial charge >= 0.3 is 5.97 Å². The molecule has 0 saturated carbocycles. The molecule has 1 N–H and O–H groups in total. The van der Waals surface area contributed by atoms with Crippen molar-refractivity contribution in [2.24, 2.45) is 0 Å². The van der Waals surface area contributed by atoms with Gasteiger partial charge < -0.3 is 10.0 Å². The van der Waals surface area contributed by atoms with Crippen LogP contribution in [0.2, 0.25) is 0 Å². The normalized spacial score (nSPS) is 20.0. The molecule has 20 heavy (non-hydrogen) atoms. The summed E-state index contributed by atoms with van der Waals surface area (Å²) in [5, 5.41) is 9.61. The molecule has 1 aromatic heterocycles. The molecule has 1 aliphatic heterocycles. The average Bonchev–Trinajstić information content (AvgIpc) is 2.80. The van der Waals surface area contributed by atoms with E-state index in [9.17, 15) is 9.90 Å². The van der Waals surface area contributed by atoms with Crippen molar-refractivity contribution >= 4 is 17.3 Å². The maximum absolute atomic E-state index is 11.7. The van der Waals surface area contributed by atoms with Gasteiger partial charge in [-0.3, -0.25) is 9.69 Å². The Hall–Kier alpha value is -0.910. The first-order chi connectivity index (χ1) is 9.29. The summed E-state index contributed by atoms with van der Waals surface area (Å²) in [6.45, 7) is 9.98. The first-order valence-corrected chi connectivity index (χ1v) is 7.86. The minimum atomic E-state index is -0.739. The lowest BCUT2D eigenvalue weighted by atomic mass is 9.95. The Bertz CT molecular complexity index is 470. The van der Waals surface area contributed by atoms with Gasteiger partial charge in [-0.1, -0.05) is 20.8 Å². The molecular formula is C15H24N2O2S. The van der Waals surface area contributed by atoms with Crippen molar-refractivity contribution < 1.29 is 9.90 Å². The lowest BCUT2D eigenvalue weighted by Gasteiger charge is -2.35. The quantitative estimate of drug-likeness (QED) is 0.930. The highest BCUT2D eigenvalue weighted by Gasteiger charge is 2.31. The van der Waals surface area contributed by atoms with Gasteiger partial charge in [0.15, 0.2) is 0 Å². The number of carboxylic acids is 1. The largest absolute Gasteiger partial charge is 0.480 e. The van der Waals surface area contributed by atoms with Crippen LogP contribution in [-0.2, 0) is 10.2 Å². The zero-order chi connectivity index (χ0) is 14.9. The molecule has 0 aromatic carbocycles. The first-order valence-electron chi connectivity index (χ1n) is 7.04. The predicted molar refractivity (Wildman–Crippen MR) is 82.5 cm³/mol. The van der Waals surface area contributed by atoms with Crippen molar-refractivity contribution in [3.63, 3.8) is 0 Å². The number of thiophene rings is 1. The molecule has 1 fully saturated rings. The van der Waals surface area contributed by atoms with E-state index in [2.05, 4.69) is 43.7 Å². The van der Waals surface area contributed by atoms with Crippen molar-refractivity contribution in [3.8, 4) is 0 Å². The summed E-state index contributed by atoms with van der Waals surface area (Å²) in [5.74, 6) is -0.739. The van der Waals surface area contributed by atoms with Crippen molar-refractivity contribution in [2.45, 2.75) is 32.2 Å². The fourth-order valence-electron chi connectivity index (χ4n) is 2.44. The van der Waals surface area contributed by atoms with E-state index in [1.807, 2.05) is 6.07 Å². The van der Waals surface area contributed by atoms with E-state index in [0.29, 0.717) is 0 Å². The lowest BCUT2D eigenvalue weighted by molar-refractivity contribution is -0.144. The van der Waals surface area contributed by atoms with E-state index in [0.717, 1.165) is 31.1 Å². The molecule has 0 aliphatic carbocycles. The molecule has 2 rings (SSSR count). The summed E-state index contributed by atoms with van der Waals surface area (Å²) >= 11 is 1.63. The topological polar surface area (TPSA) is 43.8 Å². The maximum Gasteiger partial charge on any atom is 0.326 e. The highest BCUT2D eigenvalue weighted by atomic mass is 32.1. The van der Waals surface area contributed by atoms with Crippen LogP contribution >= 0.6 is 11.3 Å². The summed E-state index contributed by atoms with van der Waals surface area (Å²) in [5.41, 5.74) is 0.0775. The van der Waals surface area contributed by atoms with Gasteiger partial charge in [-0.2, -0.15) is 0 Å². The Morgan fingerprint density at radius 2 is 1.85 bits per heavy atom. The van der Waals surface area contributed by atoms with Crippen LogP contribution in [0.1, 0.15) is 36.6 Å². The molecule has 0 radical (unpaired) electrons. The minimum Gasteiger partial charge on any atom is -0.480 e. The molecule has 0 amide bonds. The Morgan fingerprint density at radius 3 is 2.30 bits per heavy atom. The second-order valence-corrected chi connectivity index (χ2v) is 7.65. The van der Waals surface area contributed by atoms with Gasteiger partial charge in [0.05, 0.1) is 0 Å². The molecule has 4 nitrogen and oxygen atoms in total. The number of hydrogen-bond donors (Lipinski definition) is 1. The van der Waals surface area contributed by atoms with Crippen LogP contribution in [0.4, 0.5) is 0 Å². The number of carboxylic acid groups (broad SMARTS) is 1. The van der Waals surface area contributed by atoms with Gasteiger partial charge in [-0.15, -0.1) is 11.3 Å². The second-order valence-electron chi connectivity index (χ2n) is 6.53. The van der Waals surface area contributed by atoms with Crippen LogP contribution in [0.3, 0.4) is 0 Å². The molecule has 1 aliphatic rings. The van der Waals surface area contributed by atoms with E-state index < -0.39 is 12.0 Å². The number of hydrogen-bond acceptors (Lipinski definition) is 4. The molecule has 1 unspecified atom stereocenters. The number of rotatable bonds is 3. The standard InChI is InChI=1S/C15H24N2O2S/c1-15(2,3)12-6-5-11(20-12)13(14(18)19)17-9-7-16(4)8-10-17/h5-6,13H,7-10H2,1-4H3,(H,18,19). The predicted octanol–water partition coefficient (Wildman–Crippen LogP) is 2.42. The Balaban J connectivity index is 2.21. The fourth-order valence-corrected chi connectivity index (χ4v) is 3.63. The Labute approximate surface area is 125 Å². The smallest absolute Gasteiger partial charge is 0.326 e. The van der Waals surface area contributed by atoms with Crippen molar-refractivity contribution in [1.82, 2.24) is 9.80 Å². The van der Waals surface area contributed by atoms with Crippen LogP contribution in [0.15, 0.2) is 12.1 Å². The number of carbonyl (C=O) groups is 1. The number of aliphatic carboxylic acids is 1. The average molecular weight is 296 g/mol. The number of likely N-dealkylation sites (N-methyl/N-ethyl adjacent to an activating group) is 1. The third-order valence-electron chi connectivity index (χ3n) is 3.77. The first kappa shape index (κ1) is 15.5. The lowest BCUT2D eigenvalue weighted by Crippen LogP contribution is -2.47. The molecule has 0 spiro atoms. The van der Waals surface area contributed by atoms with Gasteiger partial charge in [0.1, 0.15) is 6.04 Å². The van der Waals surface area contributed by atoms with E-state index in [-0.39, 0.29) is 5.41 Å². The number of piperazine rings is 1. The third-order valence-corrected chi connectivity index (χ3v) is 5.34. The van der Waals surface area contributed by atoms with Crippen LogP contribution in [0, 0.1) is 0 Å². The zero-order valence-corrected chi connectivity index (χ0v) is 13.5. The van der Waals surface area contributed by atoms with Crippen molar-refractivity contribution in [2.75, 3.05) is 33.2 Å². The van der Waals surface area contributed by atoms with Crippen LogP contribution in [-0.4, -0.2) is 54.1 Å². The molecule has 2 heterocycles. The molecule has 0 bridgehead atoms. The second kappa shape index (κ2) is 5.84. The molecule has 1 saturated heterocycles. The van der Waals surface area contributed by atoms with Crippen LogP contribution < -0.4 is 0 Å². The van der Waals surface area contributed by atoms with E-state index >= 15 is 0 Å². The highest BCUT2D eigenvalue weighted by molar-refractivity contribution is 7.12. The Kier molecular flexibility index (Phi) is 4.52. The summed E-state index contributed by atoms with van der Waals surface area (Å²) in [6, 6.07) is 3.57. The molecule has 5 heteroatoms. The van der Waals surface area contributed by atoms with Crippen molar-refractivity contribution in [3.05, 3.63) is 21.9 Å². The summed E-state index contributed by atoms with van der Waals surface area (Å²) in [7, 11) is 2.08. The highest BCUT2D eigenvalue weighted by Crippen LogP contribution is 2.34. The van der Waals surface area contributed by atoms with Gasteiger partial charge in [0.2, 0.25) is 0 Å². The van der Waals surface area contributed by atoms with Crippen LogP contribution in [0.25, 0.3) is 0 Å². The summed E-state index contributed by atoms with van der Waals surface area (Å²) in [4.78, 5) is 18.2. The molecule has 1 atom stereocenters. The minimum absolute atomic E-state index is 0.0775. The van der Waals surface area contributed by atoms with Crippen LogP contribution in [0.5, 0.6) is 0 Å². The van der Waals surface area contributed by atoms with Gasteiger partial charge in [-0.25, -0.2) is 0 Å².